The molecule has 120 valence electrons. The highest BCUT2D eigenvalue weighted by atomic mass is 16.4. The van der Waals surface area contributed by atoms with Gasteiger partial charge in [0, 0.05) is 12.1 Å². The van der Waals surface area contributed by atoms with E-state index >= 15 is 0 Å². The summed E-state index contributed by atoms with van der Waals surface area (Å²) >= 11 is 0. The van der Waals surface area contributed by atoms with Gasteiger partial charge in [0.05, 0.1) is 0 Å². The average molecular weight is 312 g/mol. The molecule has 3 N–H and O–H groups in total. The molecule has 1 unspecified atom stereocenters. The fourth-order valence-corrected chi connectivity index (χ4v) is 2.19. The Morgan fingerprint density at radius 1 is 1.04 bits per heavy atom. The minimum absolute atomic E-state index is 0.233. The number of carbonyl (C=O) groups is 2. The minimum atomic E-state index is -1.07. The largest absolute Gasteiger partial charge is 0.480 e. The van der Waals surface area contributed by atoms with E-state index in [1.807, 2.05) is 56.3 Å². The first kappa shape index (κ1) is 16.5. The van der Waals surface area contributed by atoms with Gasteiger partial charge in [-0.1, -0.05) is 36.4 Å². The lowest BCUT2D eigenvalue weighted by Crippen LogP contribution is -2.44. The van der Waals surface area contributed by atoms with Gasteiger partial charge in [-0.2, -0.15) is 0 Å². The molecule has 0 heterocycles. The number of carboxylic acids is 1. The lowest BCUT2D eigenvalue weighted by molar-refractivity contribution is -0.139. The third kappa shape index (κ3) is 4.85. The Bertz CT molecular complexity index is 699. The van der Waals surface area contributed by atoms with E-state index in [2.05, 4.69) is 10.6 Å². The molecule has 2 amide bonds. The molecule has 2 aromatic carbocycles. The minimum Gasteiger partial charge on any atom is -0.480 e. The fourth-order valence-electron chi connectivity index (χ4n) is 2.19. The van der Waals surface area contributed by atoms with Crippen molar-refractivity contribution in [3.63, 3.8) is 0 Å². The Morgan fingerprint density at radius 2 is 1.74 bits per heavy atom. The maximum absolute atomic E-state index is 12.0. The molecule has 0 aliphatic carbocycles. The Labute approximate surface area is 135 Å². The Morgan fingerprint density at radius 3 is 2.35 bits per heavy atom. The number of aliphatic carboxylic acids is 1. The first-order valence-electron chi connectivity index (χ1n) is 7.37. The topological polar surface area (TPSA) is 78.4 Å². The van der Waals surface area contributed by atoms with E-state index in [9.17, 15) is 14.7 Å². The molecule has 0 saturated carbocycles. The lowest BCUT2D eigenvalue weighted by atomic mass is 10.1. The Balaban J connectivity index is 2.00. The molecule has 0 aliphatic rings. The van der Waals surface area contributed by atoms with Gasteiger partial charge in [0.2, 0.25) is 0 Å². The monoisotopic (exact) mass is 312 g/mol. The molecule has 0 aromatic heterocycles. The number of carbonyl (C=O) groups excluding carboxylic acids is 1. The van der Waals surface area contributed by atoms with Gasteiger partial charge < -0.3 is 15.7 Å². The van der Waals surface area contributed by atoms with E-state index in [0.717, 1.165) is 16.7 Å². The summed E-state index contributed by atoms with van der Waals surface area (Å²) in [5.74, 6) is -1.07. The van der Waals surface area contributed by atoms with Crippen molar-refractivity contribution in [1.29, 1.82) is 0 Å². The van der Waals surface area contributed by atoms with Crippen LogP contribution in [-0.4, -0.2) is 23.1 Å². The molecule has 0 radical (unpaired) electrons. The van der Waals surface area contributed by atoms with Gasteiger partial charge in [0.25, 0.3) is 0 Å². The van der Waals surface area contributed by atoms with Crippen molar-refractivity contribution >= 4 is 17.7 Å². The third-order valence-electron chi connectivity index (χ3n) is 3.65. The highest BCUT2D eigenvalue weighted by molar-refractivity contribution is 5.92. The van der Waals surface area contributed by atoms with E-state index in [4.69, 9.17) is 0 Å². The summed E-state index contributed by atoms with van der Waals surface area (Å²) in [6, 6.07) is 13.2. The summed E-state index contributed by atoms with van der Waals surface area (Å²) in [5, 5.41) is 14.5. The normalized spacial score (nSPS) is 11.6. The van der Waals surface area contributed by atoms with E-state index in [1.54, 1.807) is 6.07 Å². The smallest absolute Gasteiger partial charge is 0.326 e. The van der Waals surface area contributed by atoms with Crippen LogP contribution in [0.1, 0.15) is 16.7 Å². The van der Waals surface area contributed by atoms with Crippen molar-refractivity contribution in [1.82, 2.24) is 5.32 Å². The maximum Gasteiger partial charge on any atom is 0.326 e. The summed E-state index contributed by atoms with van der Waals surface area (Å²) in [7, 11) is 0. The number of hydrogen-bond acceptors (Lipinski definition) is 2. The van der Waals surface area contributed by atoms with Gasteiger partial charge in [0.1, 0.15) is 6.04 Å². The summed E-state index contributed by atoms with van der Waals surface area (Å²) in [6.07, 6.45) is 0.233. The average Bonchev–Trinajstić information content (AvgIpc) is 2.51. The molecule has 0 spiro atoms. The molecule has 0 aliphatic heterocycles. The predicted octanol–water partition coefficient (Wildman–Crippen LogP) is 3.12. The highest BCUT2D eigenvalue weighted by Crippen LogP contribution is 2.14. The van der Waals surface area contributed by atoms with Gasteiger partial charge in [-0.15, -0.1) is 0 Å². The van der Waals surface area contributed by atoms with Crippen LogP contribution in [0.25, 0.3) is 0 Å². The number of nitrogens with one attached hydrogen (secondary N) is 2. The summed E-state index contributed by atoms with van der Waals surface area (Å²) in [6.45, 7) is 3.94. The Hall–Kier alpha value is -2.82. The van der Waals surface area contributed by atoms with Crippen molar-refractivity contribution in [3.05, 3.63) is 65.2 Å². The van der Waals surface area contributed by atoms with Gasteiger partial charge in [-0.25, -0.2) is 9.59 Å². The van der Waals surface area contributed by atoms with E-state index in [-0.39, 0.29) is 6.42 Å². The molecule has 0 saturated heterocycles. The van der Waals surface area contributed by atoms with Crippen LogP contribution in [0.5, 0.6) is 0 Å². The van der Waals surface area contributed by atoms with E-state index < -0.39 is 18.0 Å². The van der Waals surface area contributed by atoms with Crippen LogP contribution in [0.3, 0.4) is 0 Å². The van der Waals surface area contributed by atoms with Crippen molar-refractivity contribution in [2.45, 2.75) is 26.3 Å². The second-order valence-corrected chi connectivity index (χ2v) is 5.48. The molecule has 23 heavy (non-hydrogen) atoms. The van der Waals surface area contributed by atoms with Crippen LogP contribution < -0.4 is 10.6 Å². The maximum atomic E-state index is 12.0. The first-order chi connectivity index (χ1) is 11.0. The summed E-state index contributed by atoms with van der Waals surface area (Å²) < 4.78 is 0. The van der Waals surface area contributed by atoms with Crippen LogP contribution in [0.15, 0.2) is 48.5 Å². The predicted molar refractivity (Wildman–Crippen MR) is 89.6 cm³/mol. The molecule has 0 bridgehead atoms. The number of benzene rings is 2. The zero-order valence-electron chi connectivity index (χ0n) is 13.2. The van der Waals surface area contributed by atoms with Gasteiger partial charge >= 0.3 is 12.0 Å². The molecule has 0 fully saturated rings. The number of amides is 2. The molecule has 1 atom stereocenters. The van der Waals surface area contributed by atoms with Crippen molar-refractivity contribution in [2.75, 3.05) is 5.32 Å². The molecular weight excluding hydrogens is 292 g/mol. The summed E-state index contributed by atoms with van der Waals surface area (Å²) in [4.78, 5) is 23.4. The van der Waals surface area contributed by atoms with E-state index in [1.165, 1.54) is 0 Å². The van der Waals surface area contributed by atoms with Gasteiger partial charge in [-0.3, -0.25) is 0 Å². The van der Waals surface area contributed by atoms with Gasteiger partial charge in [0.15, 0.2) is 0 Å². The number of rotatable bonds is 5. The zero-order valence-corrected chi connectivity index (χ0v) is 13.2. The number of carboxylic acid groups (broad SMARTS) is 1. The van der Waals surface area contributed by atoms with Crippen molar-refractivity contribution < 1.29 is 14.7 Å². The SMILES string of the molecule is Cc1ccc(NC(=O)NC(Cc2ccccc2)C(=O)O)cc1C. The van der Waals surface area contributed by atoms with Crippen LogP contribution in [0.2, 0.25) is 0 Å². The second-order valence-electron chi connectivity index (χ2n) is 5.48. The first-order valence-corrected chi connectivity index (χ1v) is 7.37. The summed E-state index contributed by atoms with van der Waals surface area (Å²) in [5.41, 5.74) is 3.67. The lowest BCUT2D eigenvalue weighted by Gasteiger charge is -2.15. The standard InChI is InChI=1S/C18H20N2O3/c1-12-8-9-15(10-13(12)2)19-18(23)20-16(17(21)22)11-14-6-4-3-5-7-14/h3-10,16H,11H2,1-2H3,(H,21,22)(H2,19,20,23). The van der Waals surface area contributed by atoms with Crippen molar-refractivity contribution in [3.8, 4) is 0 Å². The third-order valence-corrected chi connectivity index (χ3v) is 3.65. The number of urea groups is 1. The van der Waals surface area contributed by atoms with Crippen molar-refractivity contribution in [2.24, 2.45) is 0 Å². The zero-order chi connectivity index (χ0) is 16.8. The quantitative estimate of drug-likeness (QED) is 0.793. The van der Waals surface area contributed by atoms with Crippen LogP contribution in [0, 0.1) is 13.8 Å². The fraction of sp³-hybridized carbons (Fsp3) is 0.222. The molecule has 2 rings (SSSR count). The molecular formula is C18H20N2O3. The Kier molecular flexibility index (Phi) is 5.36. The highest BCUT2D eigenvalue weighted by Gasteiger charge is 2.20. The van der Waals surface area contributed by atoms with Crippen LogP contribution in [-0.2, 0) is 11.2 Å². The molecule has 2 aromatic rings. The molecule has 5 heteroatoms. The van der Waals surface area contributed by atoms with Gasteiger partial charge in [-0.05, 0) is 42.7 Å². The van der Waals surface area contributed by atoms with Crippen LogP contribution in [0.4, 0.5) is 10.5 Å². The number of aryl methyl sites for hydroxylation is 2. The van der Waals surface area contributed by atoms with Crippen LogP contribution >= 0.6 is 0 Å². The number of anilines is 1. The number of hydrogen-bond donors (Lipinski definition) is 3. The molecule has 5 nitrogen and oxygen atoms in total. The van der Waals surface area contributed by atoms with E-state index in [0.29, 0.717) is 5.69 Å². The second kappa shape index (κ2) is 7.45.